The molecule has 0 radical (unpaired) electrons. The lowest BCUT2D eigenvalue weighted by Gasteiger charge is -2.17. The van der Waals surface area contributed by atoms with Crippen molar-refractivity contribution in [1.29, 1.82) is 0 Å². The van der Waals surface area contributed by atoms with Gasteiger partial charge in [-0.05, 0) is 0 Å². The maximum Gasteiger partial charge on any atom is 0.250 e. The second kappa shape index (κ2) is 7.00. The highest BCUT2D eigenvalue weighted by atomic mass is 19.1. The maximum absolute atomic E-state index is 12.1. The molecule has 12 heavy (non-hydrogen) atoms. The number of carbonyl (C=O) groups is 1. The lowest BCUT2D eigenvalue weighted by atomic mass is 10.5. The van der Waals surface area contributed by atoms with Crippen molar-refractivity contribution in [3.8, 4) is 0 Å². The van der Waals surface area contributed by atoms with Gasteiger partial charge in [-0.1, -0.05) is 0 Å². The number of hydrogen-bond acceptors (Lipinski definition) is 3. The third-order valence-electron chi connectivity index (χ3n) is 1.33. The summed E-state index contributed by atoms with van der Waals surface area (Å²) in [4.78, 5) is 12.0. The van der Waals surface area contributed by atoms with Gasteiger partial charge in [-0.25, -0.2) is 4.39 Å². The largest absolute Gasteiger partial charge is 0.383 e. The van der Waals surface area contributed by atoms with Gasteiger partial charge in [-0.3, -0.25) is 4.79 Å². The van der Waals surface area contributed by atoms with E-state index in [1.165, 1.54) is 14.2 Å². The van der Waals surface area contributed by atoms with Gasteiger partial charge in [0.1, 0.15) is 6.61 Å². The van der Waals surface area contributed by atoms with E-state index in [-0.39, 0.29) is 19.1 Å². The van der Waals surface area contributed by atoms with Crippen molar-refractivity contribution in [3.63, 3.8) is 0 Å². The van der Waals surface area contributed by atoms with Gasteiger partial charge in [0.2, 0.25) is 0 Å². The molecule has 0 bridgehead atoms. The summed E-state index contributed by atoms with van der Waals surface area (Å²) >= 11 is 0. The van der Waals surface area contributed by atoms with E-state index in [1.54, 1.807) is 0 Å². The smallest absolute Gasteiger partial charge is 0.250 e. The SMILES string of the molecule is COCCN(CF)C(=O)COC. The Labute approximate surface area is 71.2 Å². The Morgan fingerprint density at radius 1 is 1.42 bits per heavy atom. The Hall–Kier alpha value is -0.680. The first-order valence-corrected chi connectivity index (χ1v) is 3.57. The Balaban J connectivity index is 3.71. The van der Waals surface area contributed by atoms with Gasteiger partial charge in [-0.15, -0.1) is 0 Å². The second-order valence-corrected chi connectivity index (χ2v) is 2.20. The zero-order valence-electron chi connectivity index (χ0n) is 7.38. The highest BCUT2D eigenvalue weighted by Gasteiger charge is 2.11. The molecule has 0 aromatic carbocycles. The molecule has 1 amide bonds. The van der Waals surface area contributed by atoms with Crippen LogP contribution in [0.1, 0.15) is 0 Å². The number of hydrogen-bond donors (Lipinski definition) is 0. The van der Waals surface area contributed by atoms with Crippen LogP contribution in [0.25, 0.3) is 0 Å². The summed E-state index contributed by atoms with van der Waals surface area (Å²) in [6, 6.07) is 0. The number of alkyl halides is 1. The summed E-state index contributed by atoms with van der Waals surface area (Å²) in [5.74, 6) is -0.364. The van der Waals surface area contributed by atoms with Crippen LogP contribution >= 0.6 is 0 Å². The van der Waals surface area contributed by atoms with Crippen LogP contribution in [0.4, 0.5) is 4.39 Å². The molecule has 0 saturated heterocycles. The van der Waals surface area contributed by atoms with E-state index < -0.39 is 6.80 Å². The highest BCUT2D eigenvalue weighted by molar-refractivity contribution is 5.77. The van der Waals surface area contributed by atoms with Crippen molar-refractivity contribution in [2.75, 3.05) is 40.8 Å². The molecule has 0 spiro atoms. The van der Waals surface area contributed by atoms with E-state index in [9.17, 15) is 9.18 Å². The number of halogens is 1. The zero-order valence-corrected chi connectivity index (χ0v) is 7.38. The predicted octanol–water partition coefficient (Wildman–Crippen LogP) is 0.0348. The second-order valence-electron chi connectivity index (χ2n) is 2.20. The molecule has 5 heteroatoms. The van der Waals surface area contributed by atoms with Crippen molar-refractivity contribution < 1.29 is 18.7 Å². The number of amides is 1. The molecule has 4 nitrogen and oxygen atoms in total. The minimum Gasteiger partial charge on any atom is -0.383 e. The van der Waals surface area contributed by atoms with Crippen LogP contribution in [0.15, 0.2) is 0 Å². The molecule has 0 aliphatic rings. The van der Waals surface area contributed by atoms with E-state index in [0.717, 1.165) is 4.90 Å². The molecule has 0 rings (SSSR count). The molecule has 0 fully saturated rings. The predicted molar refractivity (Wildman–Crippen MR) is 41.4 cm³/mol. The Morgan fingerprint density at radius 2 is 2.08 bits per heavy atom. The first-order chi connectivity index (χ1) is 5.76. The fraction of sp³-hybridized carbons (Fsp3) is 0.857. The number of methoxy groups -OCH3 is 2. The molecular formula is C7H14FNO3. The van der Waals surface area contributed by atoms with E-state index in [1.807, 2.05) is 0 Å². The number of rotatable bonds is 6. The van der Waals surface area contributed by atoms with Crippen molar-refractivity contribution in [2.45, 2.75) is 0 Å². The summed E-state index contributed by atoms with van der Waals surface area (Å²) in [5, 5.41) is 0. The molecule has 0 aliphatic heterocycles. The quantitative estimate of drug-likeness (QED) is 0.540. The minimum absolute atomic E-state index is 0.0896. The molecular weight excluding hydrogens is 165 g/mol. The van der Waals surface area contributed by atoms with Gasteiger partial charge >= 0.3 is 0 Å². The molecule has 0 heterocycles. The molecule has 0 aliphatic carbocycles. The summed E-state index contributed by atoms with van der Waals surface area (Å²) in [6.45, 7) is -0.298. The standard InChI is InChI=1S/C7H14FNO3/c1-11-4-3-9(6-8)7(10)5-12-2/h3-6H2,1-2H3. The number of ether oxygens (including phenoxy) is 2. The molecule has 0 atom stereocenters. The molecule has 0 N–H and O–H groups in total. The third-order valence-corrected chi connectivity index (χ3v) is 1.33. The van der Waals surface area contributed by atoms with Crippen LogP contribution in [-0.4, -0.2) is 51.6 Å². The highest BCUT2D eigenvalue weighted by Crippen LogP contribution is 1.91. The van der Waals surface area contributed by atoms with Gasteiger partial charge < -0.3 is 14.4 Å². The first-order valence-electron chi connectivity index (χ1n) is 3.57. The van der Waals surface area contributed by atoms with Crippen LogP contribution in [0.2, 0.25) is 0 Å². The molecule has 0 aromatic heterocycles. The van der Waals surface area contributed by atoms with Crippen molar-refractivity contribution in [3.05, 3.63) is 0 Å². The topological polar surface area (TPSA) is 38.8 Å². The lowest BCUT2D eigenvalue weighted by molar-refractivity contribution is -0.137. The average molecular weight is 179 g/mol. The van der Waals surface area contributed by atoms with E-state index >= 15 is 0 Å². The fourth-order valence-electron chi connectivity index (χ4n) is 0.667. The molecule has 72 valence electrons. The van der Waals surface area contributed by atoms with Crippen LogP contribution in [-0.2, 0) is 14.3 Å². The monoisotopic (exact) mass is 179 g/mol. The van der Waals surface area contributed by atoms with Gasteiger partial charge in [0.05, 0.1) is 6.61 Å². The fourth-order valence-corrected chi connectivity index (χ4v) is 0.667. The third kappa shape index (κ3) is 4.25. The Kier molecular flexibility index (Phi) is 6.60. The van der Waals surface area contributed by atoms with Crippen molar-refractivity contribution in [2.24, 2.45) is 0 Å². The zero-order chi connectivity index (χ0) is 9.40. The van der Waals surface area contributed by atoms with Crippen molar-refractivity contribution in [1.82, 2.24) is 4.90 Å². The normalized spacial score (nSPS) is 9.92. The molecule has 0 unspecified atom stereocenters. The Bertz CT molecular complexity index is 132. The van der Waals surface area contributed by atoms with E-state index in [2.05, 4.69) is 4.74 Å². The van der Waals surface area contributed by atoms with E-state index in [0.29, 0.717) is 6.61 Å². The average Bonchev–Trinajstić information content (AvgIpc) is 2.06. The van der Waals surface area contributed by atoms with Crippen molar-refractivity contribution >= 4 is 5.91 Å². The van der Waals surface area contributed by atoms with Crippen LogP contribution < -0.4 is 0 Å². The molecule has 0 aromatic rings. The summed E-state index contributed by atoms with van der Waals surface area (Å²) < 4.78 is 21.4. The van der Waals surface area contributed by atoms with E-state index in [4.69, 9.17) is 4.74 Å². The number of nitrogens with zero attached hydrogens (tertiary/aromatic N) is 1. The Morgan fingerprint density at radius 3 is 2.50 bits per heavy atom. The first kappa shape index (κ1) is 11.3. The van der Waals surface area contributed by atoms with Gasteiger partial charge in [-0.2, -0.15) is 0 Å². The van der Waals surface area contributed by atoms with Crippen LogP contribution in [0.5, 0.6) is 0 Å². The number of carbonyl (C=O) groups excluding carboxylic acids is 1. The summed E-state index contributed by atoms with van der Waals surface area (Å²) in [5.41, 5.74) is 0. The lowest BCUT2D eigenvalue weighted by Crippen LogP contribution is -2.35. The van der Waals surface area contributed by atoms with Crippen LogP contribution in [0.3, 0.4) is 0 Å². The van der Waals surface area contributed by atoms with Crippen LogP contribution in [0, 0.1) is 0 Å². The minimum atomic E-state index is -0.800. The summed E-state index contributed by atoms with van der Waals surface area (Å²) in [6.07, 6.45) is 0. The van der Waals surface area contributed by atoms with Gasteiger partial charge in [0.25, 0.3) is 5.91 Å². The summed E-state index contributed by atoms with van der Waals surface area (Å²) in [7, 11) is 2.89. The van der Waals surface area contributed by atoms with Gasteiger partial charge in [0.15, 0.2) is 6.80 Å². The van der Waals surface area contributed by atoms with Gasteiger partial charge in [0, 0.05) is 20.8 Å². The maximum atomic E-state index is 12.1. The molecule has 0 saturated carbocycles.